The minimum atomic E-state index is 0.622. The molecule has 3 nitrogen and oxygen atoms in total. The summed E-state index contributed by atoms with van der Waals surface area (Å²) >= 11 is 1.40. The Hall–Kier alpha value is -1.86. The number of nitrogens with zero attached hydrogens (tertiary/aromatic N) is 2. The number of nitrogens with one attached hydrogen (secondary N) is 1. The van der Waals surface area contributed by atoms with E-state index in [4.69, 9.17) is 5.26 Å². The molecule has 1 aromatic heterocycles. The Morgan fingerprint density at radius 1 is 1.33 bits per heavy atom. The van der Waals surface area contributed by atoms with Gasteiger partial charge in [-0.3, -0.25) is 0 Å². The van der Waals surface area contributed by atoms with Crippen molar-refractivity contribution in [2.45, 2.75) is 6.92 Å². The van der Waals surface area contributed by atoms with E-state index in [9.17, 15) is 0 Å². The molecule has 0 saturated heterocycles. The van der Waals surface area contributed by atoms with E-state index in [1.807, 2.05) is 37.3 Å². The third-order valence-electron chi connectivity index (χ3n) is 1.87. The second-order valence-electron chi connectivity index (χ2n) is 3.01. The van der Waals surface area contributed by atoms with Crippen molar-refractivity contribution >= 4 is 22.8 Å². The fraction of sp³-hybridized carbons (Fsp3) is 0.0909. The molecule has 0 aliphatic rings. The van der Waals surface area contributed by atoms with Gasteiger partial charge in [0.15, 0.2) is 5.82 Å². The molecule has 1 heterocycles. The van der Waals surface area contributed by atoms with Gasteiger partial charge in [0.05, 0.1) is 5.01 Å². The van der Waals surface area contributed by atoms with Gasteiger partial charge in [-0.25, -0.2) is 4.98 Å². The zero-order valence-electron chi connectivity index (χ0n) is 8.19. The maximum absolute atomic E-state index is 8.89. The monoisotopic (exact) mass is 215 g/mol. The molecule has 74 valence electrons. The van der Waals surface area contributed by atoms with Crippen LogP contribution in [-0.4, -0.2) is 4.98 Å². The summed E-state index contributed by atoms with van der Waals surface area (Å²) in [4.78, 5) is 4.88. The minimum Gasteiger partial charge on any atom is -0.338 e. The molecule has 0 spiro atoms. The Labute approximate surface area is 92.0 Å². The molecule has 15 heavy (non-hydrogen) atoms. The lowest BCUT2D eigenvalue weighted by molar-refractivity contribution is 1.28. The normalized spacial score (nSPS) is 9.60. The van der Waals surface area contributed by atoms with Gasteiger partial charge in [-0.1, -0.05) is 18.2 Å². The van der Waals surface area contributed by atoms with Gasteiger partial charge in [0.25, 0.3) is 0 Å². The number of aryl methyl sites for hydroxylation is 1. The van der Waals surface area contributed by atoms with Crippen molar-refractivity contribution in [1.82, 2.24) is 4.98 Å². The van der Waals surface area contributed by atoms with Crippen LogP contribution < -0.4 is 5.32 Å². The van der Waals surface area contributed by atoms with Crippen LogP contribution >= 0.6 is 11.3 Å². The number of aromatic nitrogens is 1. The van der Waals surface area contributed by atoms with E-state index >= 15 is 0 Å². The molecule has 0 saturated carbocycles. The molecular formula is C11H9N3S. The molecule has 4 heteroatoms. The van der Waals surface area contributed by atoms with Crippen LogP contribution in [0.4, 0.5) is 11.5 Å². The highest BCUT2D eigenvalue weighted by molar-refractivity contribution is 7.12. The molecule has 0 aliphatic heterocycles. The number of rotatable bonds is 2. The fourth-order valence-electron chi connectivity index (χ4n) is 1.25. The zero-order valence-corrected chi connectivity index (χ0v) is 9.01. The van der Waals surface area contributed by atoms with Crippen LogP contribution in [0, 0.1) is 18.3 Å². The number of hydrogen-bond donors (Lipinski definition) is 1. The quantitative estimate of drug-likeness (QED) is 0.837. The maximum Gasteiger partial charge on any atom is 0.159 e. The first-order valence-corrected chi connectivity index (χ1v) is 5.31. The van der Waals surface area contributed by atoms with Gasteiger partial charge in [0.2, 0.25) is 0 Å². The van der Waals surface area contributed by atoms with E-state index in [2.05, 4.69) is 16.4 Å². The van der Waals surface area contributed by atoms with Crippen molar-refractivity contribution in [3.05, 3.63) is 40.2 Å². The summed E-state index contributed by atoms with van der Waals surface area (Å²) in [6.07, 6.45) is 0. The zero-order chi connectivity index (χ0) is 10.7. The second-order valence-corrected chi connectivity index (χ2v) is 4.22. The topological polar surface area (TPSA) is 48.7 Å². The average molecular weight is 215 g/mol. The predicted molar refractivity (Wildman–Crippen MR) is 61.3 cm³/mol. The van der Waals surface area contributed by atoms with Gasteiger partial charge in [-0.2, -0.15) is 5.26 Å². The maximum atomic E-state index is 8.89. The predicted octanol–water partition coefficient (Wildman–Crippen LogP) is 3.07. The largest absolute Gasteiger partial charge is 0.338 e. The second kappa shape index (κ2) is 4.11. The van der Waals surface area contributed by atoms with E-state index in [1.165, 1.54) is 11.3 Å². The van der Waals surface area contributed by atoms with Crippen molar-refractivity contribution in [3.63, 3.8) is 0 Å². The van der Waals surface area contributed by atoms with Gasteiger partial charge in [0, 0.05) is 5.69 Å². The highest BCUT2D eigenvalue weighted by Crippen LogP contribution is 2.24. The molecule has 0 fully saturated rings. The Balaban J connectivity index is 2.29. The molecule has 0 unspecified atom stereocenters. The average Bonchev–Trinajstić information content (AvgIpc) is 2.60. The van der Waals surface area contributed by atoms with Gasteiger partial charge < -0.3 is 5.32 Å². The van der Waals surface area contributed by atoms with E-state index in [-0.39, 0.29) is 0 Å². The van der Waals surface area contributed by atoms with Crippen molar-refractivity contribution in [2.75, 3.05) is 5.32 Å². The Morgan fingerprint density at radius 2 is 2.07 bits per heavy atom. The summed E-state index contributed by atoms with van der Waals surface area (Å²) in [5.74, 6) is 0.645. The van der Waals surface area contributed by atoms with Crippen molar-refractivity contribution in [3.8, 4) is 6.07 Å². The number of anilines is 2. The highest BCUT2D eigenvalue weighted by atomic mass is 32.1. The SMILES string of the molecule is Cc1nc(Nc2ccccc2)c(C#N)s1. The number of thiazole rings is 1. The van der Waals surface area contributed by atoms with Crippen molar-refractivity contribution in [2.24, 2.45) is 0 Å². The Kier molecular flexibility index (Phi) is 2.66. The van der Waals surface area contributed by atoms with Crippen molar-refractivity contribution < 1.29 is 0 Å². The smallest absolute Gasteiger partial charge is 0.159 e. The number of para-hydroxylation sites is 1. The van der Waals surface area contributed by atoms with Gasteiger partial charge in [-0.15, -0.1) is 11.3 Å². The summed E-state index contributed by atoms with van der Waals surface area (Å²) < 4.78 is 0. The Morgan fingerprint density at radius 3 is 2.73 bits per heavy atom. The molecule has 0 radical (unpaired) electrons. The lowest BCUT2D eigenvalue weighted by atomic mass is 10.3. The van der Waals surface area contributed by atoms with Gasteiger partial charge >= 0.3 is 0 Å². The van der Waals surface area contributed by atoms with E-state index < -0.39 is 0 Å². The third-order valence-corrected chi connectivity index (χ3v) is 2.75. The van der Waals surface area contributed by atoms with Crippen LogP contribution in [0.15, 0.2) is 30.3 Å². The van der Waals surface area contributed by atoms with Gasteiger partial charge in [-0.05, 0) is 19.1 Å². The molecule has 1 aromatic carbocycles. The standard InChI is InChI=1S/C11H9N3S/c1-8-13-11(10(7-12)15-8)14-9-5-3-2-4-6-9/h2-6,14H,1H3. The summed E-state index contributed by atoms with van der Waals surface area (Å²) in [5, 5.41) is 12.9. The summed E-state index contributed by atoms with van der Waals surface area (Å²) in [6, 6.07) is 11.8. The molecule has 0 aliphatic carbocycles. The number of hydrogen-bond acceptors (Lipinski definition) is 4. The molecular weight excluding hydrogens is 206 g/mol. The summed E-state index contributed by atoms with van der Waals surface area (Å²) in [7, 11) is 0. The van der Waals surface area contributed by atoms with Crippen LogP contribution in [-0.2, 0) is 0 Å². The molecule has 0 atom stereocenters. The van der Waals surface area contributed by atoms with Gasteiger partial charge in [0.1, 0.15) is 10.9 Å². The summed E-state index contributed by atoms with van der Waals surface area (Å²) in [6.45, 7) is 1.89. The lowest BCUT2D eigenvalue weighted by Gasteiger charge is -2.01. The molecule has 0 amide bonds. The van der Waals surface area contributed by atoms with E-state index in [0.29, 0.717) is 10.7 Å². The van der Waals surface area contributed by atoms with E-state index in [0.717, 1.165) is 10.7 Å². The lowest BCUT2D eigenvalue weighted by Crippen LogP contribution is -1.91. The number of nitriles is 1. The fourth-order valence-corrected chi connectivity index (χ4v) is 1.92. The minimum absolute atomic E-state index is 0.622. The summed E-state index contributed by atoms with van der Waals surface area (Å²) in [5.41, 5.74) is 0.944. The van der Waals surface area contributed by atoms with Crippen LogP contribution in [0.1, 0.15) is 9.88 Å². The van der Waals surface area contributed by atoms with Crippen LogP contribution in [0.5, 0.6) is 0 Å². The molecule has 2 rings (SSSR count). The van der Waals surface area contributed by atoms with Crippen LogP contribution in [0.25, 0.3) is 0 Å². The van der Waals surface area contributed by atoms with Crippen molar-refractivity contribution in [1.29, 1.82) is 5.26 Å². The van der Waals surface area contributed by atoms with E-state index in [1.54, 1.807) is 0 Å². The first kappa shape index (κ1) is 9.69. The first-order chi connectivity index (χ1) is 7.29. The molecule has 2 aromatic rings. The van der Waals surface area contributed by atoms with Crippen LogP contribution in [0.2, 0.25) is 0 Å². The van der Waals surface area contributed by atoms with Crippen LogP contribution in [0.3, 0.4) is 0 Å². The highest BCUT2D eigenvalue weighted by Gasteiger charge is 2.07. The molecule has 0 bridgehead atoms. The molecule has 1 N–H and O–H groups in total. The Bertz CT molecular complexity index is 496. The first-order valence-electron chi connectivity index (χ1n) is 4.49. The number of benzene rings is 1. The third kappa shape index (κ3) is 2.14.